The van der Waals surface area contributed by atoms with Crippen LogP contribution in [0.15, 0.2) is 61.2 Å². The van der Waals surface area contributed by atoms with E-state index < -0.39 is 5.97 Å². The first-order chi connectivity index (χ1) is 9.63. The lowest BCUT2D eigenvalue weighted by Crippen LogP contribution is -2.10. The highest BCUT2D eigenvalue weighted by Crippen LogP contribution is 2.27. The van der Waals surface area contributed by atoms with Gasteiger partial charge >= 0.3 is 5.97 Å². The second-order valence-electron chi connectivity index (χ2n) is 4.04. The zero-order valence-corrected chi connectivity index (χ0v) is 10.7. The molecule has 20 heavy (non-hydrogen) atoms. The second-order valence-corrected chi connectivity index (χ2v) is 4.04. The van der Waals surface area contributed by atoms with Crippen LogP contribution < -0.4 is 10.5 Å². The molecule has 0 heterocycles. The third-order valence-electron chi connectivity index (χ3n) is 2.72. The average molecular weight is 267 g/mol. The van der Waals surface area contributed by atoms with Crippen LogP contribution in [0.1, 0.15) is 15.9 Å². The lowest BCUT2D eigenvalue weighted by atomic mass is 10.0. The molecule has 2 N–H and O–H groups in total. The number of benzene rings is 2. The number of ketones is 1. The Hall–Kier alpha value is -2.88. The van der Waals surface area contributed by atoms with Gasteiger partial charge in [-0.15, -0.1) is 0 Å². The smallest absolute Gasteiger partial charge is 0.335 e. The van der Waals surface area contributed by atoms with Crippen molar-refractivity contribution in [2.45, 2.75) is 0 Å². The number of rotatable bonds is 4. The van der Waals surface area contributed by atoms with E-state index >= 15 is 0 Å². The van der Waals surface area contributed by atoms with E-state index in [0.29, 0.717) is 11.1 Å². The van der Waals surface area contributed by atoms with Crippen LogP contribution in [0.3, 0.4) is 0 Å². The van der Waals surface area contributed by atoms with Gasteiger partial charge in [0.25, 0.3) is 0 Å². The molecule has 2 aromatic carbocycles. The van der Waals surface area contributed by atoms with E-state index in [0.717, 1.165) is 6.08 Å². The summed E-state index contributed by atoms with van der Waals surface area (Å²) in [6.07, 6.45) is 1.03. The molecule has 0 saturated heterocycles. The first-order valence-corrected chi connectivity index (χ1v) is 5.96. The molecule has 0 aliphatic heterocycles. The highest BCUT2D eigenvalue weighted by atomic mass is 16.5. The third-order valence-corrected chi connectivity index (χ3v) is 2.72. The number of hydrogen-bond acceptors (Lipinski definition) is 4. The zero-order valence-electron chi connectivity index (χ0n) is 10.7. The summed E-state index contributed by atoms with van der Waals surface area (Å²) in [4.78, 5) is 23.5. The number of nitrogen functional groups attached to an aromatic ring is 1. The molecule has 0 bridgehead atoms. The fraction of sp³-hybridized carbons (Fsp3) is 0. The Morgan fingerprint density at radius 3 is 2.40 bits per heavy atom. The summed E-state index contributed by atoms with van der Waals surface area (Å²) in [5, 5.41) is 0. The molecular weight excluding hydrogens is 254 g/mol. The minimum Gasteiger partial charge on any atom is -0.421 e. The minimum atomic E-state index is -0.624. The molecule has 4 heteroatoms. The normalized spacial score (nSPS) is 9.80. The Labute approximate surface area is 116 Å². The van der Waals surface area contributed by atoms with Crippen molar-refractivity contribution < 1.29 is 14.3 Å². The van der Waals surface area contributed by atoms with Crippen LogP contribution in [0, 0.1) is 0 Å². The topological polar surface area (TPSA) is 69.4 Å². The fourth-order valence-corrected chi connectivity index (χ4v) is 1.73. The van der Waals surface area contributed by atoms with Crippen molar-refractivity contribution in [3.8, 4) is 5.75 Å². The number of para-hydroxylation sites is 1. The van der Waals surface area contributed by atoms with E-state index in [2.05, 4.69) is 6.58 Å². The molecule has 4 nitrogen and oxygen atoms in total. The SMILES string of the molecule is C=CC(=O)Oc1cccc(C(=O)c2ccccc2)c1N. The highest BCUT2D eigenvalue weighted by Gasteiger charge is 2.15. The molecule has 0 aliphatic carbocycles. The van der Waals surface area contributed by atoms with Gasteiger partial charge in [-0.2, -0.15) is 0 Å². The molecule has 0 aromatic heterocycles. The first kappa shape index (κ1) is 13.5. The van der Waals surface area contributed by atoms with Crippen LogP contribution in [0.4, 0.5) is 5.69 Å². The molecular formula is C16H13NO3. The molecule has 0 radical (unpaired) electrons. The summed E-state index contributed by atoms with van der Waals surface area (Å²) in [6, 6.07) is 13.5. The number of carbonyl (C=O) groups is 2. The lowest BCUT2D eigenvalue weighted by Gasteiger charge is -2.09. The molecule has 2 rings (SSSR count). The molecule has 0 aliphatic rings. The molecule has 2 aromatic rings. The standard InChI is InChI=1S/C16H13NO3/c1-2-14(18)20-13-10-6-9-12(15(13)17)16(19)11-7-4-3-5-8-11/h2-10H,1,17H2. The van der Waals surface area contributed by atoms with Crippen molar-refractivity contribution in [3.63, 3.8) is 0 Å². The molecule has 0 fully saturated rings. The number of hydrogen-bond donors (Lipinski definition) is 1. The van der Waals surface area contributed by atoms with Gasteiger partial charge in [0.1, 0.15) is 0 Å². The van der Waals surface area contributed by atoms with E-state index in [4.69, 9.17) is 10.5 Å². The van der Waals surface area contributed by atoms with E-state index in [1.54, 1.807) is 36.4 Å². The molecule has 0 saturated carbocycles. The van der Waals surface area contributed by atoms with Crippen molar-refractivity contribution in [1.82, 2.24) is 0 Å². The highest BCUT2D eigenvalue weighted by molar-refractivity contribution is 6.12. The van der Waals surface area contributed by atoms with Crippen LogP contribution in [0.2, 0.25) is 0 Å². The number of esters is 1. The maximum atomic E-state index is 12.3. The van der Waals surface area contributed by atoms with Crippen LogP contribution >= 0.6 is 0 Å². The number of ether oxygens (including phenoxy) is 1. The number of carbonyl (C=O) groups excluding carboxylic acids is 2. The van der Waals surface area contributed by atoms with E-state index in [1.165, 1.54) is 6.07 Å². The zero-order chi connectivity index (χ0) is 14.5. The molecule has 0 amide bonds. The Bertz CT molecular complexity index is 663. The van der Waals surface area contributed by atoms with Crippen LogP contribution in [0.5, 0.6) is 5.75 Å². The quantitative estimate of drug-likeness (QED) is 0.304. The molecule has 0 atom stereocenters. The lowest BCUT2D eigenvalue weighted by molar-refractivity contribution is -0.128. The Morgan fingerprint density at radius 1 is 1.05 bits per heavy atom. The maximum Gasteiger partial charge on any atom is 0.335 e. The minimum absolute atomic E-state index is 0.136. The van der Waals surface area contributed by atoms with Gasteiger partial charge in [0, 0.05) is 17.2 Å². The van der Waals surface area contributed by atoms with Crippen LogP contribution in [0.25, 0.3) is 0 Å². The predicted octanol–water partition coefficient (Wildman–Crippen LogP) is 2.59. The predicted molar refractivity (Wildman–Crippen MR) is 76.6 cm³/mol. The van der Waals surface area contributed by atoms with Gasteiger partial charge in [-0.05, 0) is 12.1 Å². The van der Waals surface area contributed by atoms with Crippen molar-refractivity contribution in [1.29, 1.82) is 0 Å². The summed E-state index contributed by atoms with van der Waals surface area (Å²) in [5.41, 5.74) is 6.84. The fourth-order valence-electron chi connectivity index (χ4n) is 1.73. The van der Waals surface area contributed by atoms with Crippen LogP contribution in [-0.4, -0.2) is 11.8 Å². The Morgan fingerprint density at radius 2 is 1.75 bits per heavy atom. The van der Waals surface area contributed by atoms with E-state index in [-0.39, 0.29) is 17.2 Å². The summed E-state index contributed by atoms with van der Waals surface area (Å²) in [5.74, 6) is -0.697. The summed E-state index contributed by atoms with van der Waals surface area (Å²) >= 11 is 0. The monoisotopic (exact) mass is 267 g/mol. The summed E-state index contributed by atoms with van der Waals surface area (Å²) < 4.78 is 4.99. The van der Waals surface area contributed by atoms with E-state index in [9.17, 15) is 9.59 Å². The summed E-state index contributed by atoms with van der Waals surface area (Å²) in [6.45, 7) is 3.31. The molecule has 0 spiro atoms. The van der Waals surface area contributed by atoms with Crippen molar-refractivity contribution in [3.05, 3.63) is 72.3 Å². The second kappa shape index (κ2) is 5.84. The molecule has 0 unspecified atom stereocenters. The van der Waals surface area contributed by atoms with Crippen LogP contribution in [-0.2, 0) is 4.79 Å². The van der Waals surface area contributed by atoms with Gasteiger partial charge in [-0.3, -0.25) is 4.79 Å². The maximum absolute atomic E-state index is 12.3. The van der Waals surface area contributed by atoms with Crippen molar-refractivity contribution in [2.75, 3.05) is 5.73 Å². The van der Waals surface area contributed by atoms with Crippen molar-refractivity contribution in [2.24, 2.45) is 0 Å². The summed E-state index contributed by atoms with van der Waals surface area (Å²) in [7, 11) is 0. The van der Waals surface area contributed by atoms with Gasteiger partial charge in [-0.1, -0.05) is 43.0 Å². The van der Waals surface area contributed by atoms with E-state index in [1.807, 2.05) is 6.07 Å². The third kappa shape index (κ3) is 2.75. The Balaban J connectivity index is 2.38. The number of nitrogens with two attached hydrogens (primary N) is 1. The largest absolute Gasteiger partial charge is 0.421 e. The van der Waals surface area contributed by atoms with Crippen molar-refractivity contribution >= 4 is 17.4 Å². The average Bonchev–Trinajstić information content (AvgIpc) is 2.49. The Kier molecular flexibility index (Phi) is 3.96. The van der Waals surface area contributed by atoms with Gasteiger partial charge < -0.3 is 10.5 Å². The first-order valence-electron chi connectivity index (χ1n) is 5.96. The van der Waals surface area contributed by atoms with Gasteiger partial charge in [0.2, 0.25) is 0 Å². The van der Waals surface area contributed by atoms with Gasteiger partial charge in [0.05, 0.1) is 5.69 Å². The van der Waals surface area contributed by atoms with Gasteiger partial charge in [0.15, 0.2) is 11.5 Å². The molecule has 100 valence electrons. The van der Waals surface area contributed by atoms with Gasteiger partial charge in [-0.25, -0.2) is 4.79 Å². The number of anilines is 1.